The fourth-order valence-corrected chi connectivity index (χ4v) is 2.52. The van der Waals surface area contributed by atoms with Crippen molar-refractivity contribution >= 4 is 17.5 Å². The van der Waals surface area contributed by atoms with Crippen LogP contribution in [-0.4, -0.2) is 24.9 Å². The van der Waals surface area contributed by atoms with Crippen LogP contribution in [0, 0.1) is 5.82 Å². The molecule has 5 heteroatoms. The van der Waals surface area contributed by atoms with E-state index in [1.54, 1.807) is 11.0 Å². The smallest absolute Gasteiger partial charge is 0.251 e. The molecule has 2 amide bonds. The van der Waals surface area contributed by atoms with Crippen molar-refractivity contribution in [2.75, 3.05) is 18.0 Å². The Labute approximate surface area is 147 Å². The van der Waals surface area contributed by atoms with Crippen LogP contribution in [0.3, 0.4) is 0 Å². The van der Waals surface area contributed by atoms with Crippen molar-refractivity contribution in [2.24, 2.45) is 0 Å². The van der Waals surface area contributed by atoms with E-state index in [4.69, 9.17) is 0 Å². The van der Waals surface area contributed by atoms with E-state index in [2.05, 4.69) is 19.2 Å². The van der Waals surface area contributed by atoms with E-state index in [-0.39, 0.29) is 23.9 Å². The van der Waals surface area contributed by atoms with Crippen molar-refractivity contribution < 1.29 is 14.0 Å². The Morgan fingerprint density at radius 1 is 1.12 bits per heavy atom. The van der Waals surface area contributed by atoms with E-state index in [9.17, 15) is 14.0 Å². The van der Waals surface area contributed by atoms with E-state index < -0.39 is 5.82 Å². The molecule has 0 atom stereocenters. The van der Waals surface area contributed by atoms with Gasteiger partial charge in [0.2, 0.25) is 5.91 Å². The number of nitrogens with one attached hydrogen (secondary N) is 1. The Kier molecular flexibility index (Phi) is 6.28. The monoisotopic (exact) mass is 342 g/mol. The number of hydrogen-bond donors (Lipinski definition) is 1. The predicted octanol–water partition coefficient (Wildman–Crippen LogP) is 3.73. The van der Waals surface area contributed by atoms with Crippen molar-refractivity contribution in [3.8, 4) is 0 Å². The molecule has 0 aliphatic rings. The first kappa shape index (κ1) is 18.6. The van der Waals surface area contributed by atoms with Crippen molar-refractivity contribution in [2.45, 2.75) is 26.7 Å². The number of nitrogens with zero attached hydrogens (tertiary/aromatic N) is 1. The van der Waals surface area contributed by atoms with Crippen molar-refractivity contribution in [3.05, 3.63) is 65.5 Å². The molecule has 0 spiro atoms. The Balaban J connectivity index is 1.98. The predicted molar refractivity (Wildman–Crippen MR) is 97.3 cm³/mol. The third-order valence-corrected chi connectivity index (χ3v) is 3.96. The number of hydrogen-bond acceptors (Lipinski definition) is 2. The largest absolute Gasteiger partial charge is 0.350 e. The van der Waals surface area contributed by atoms with E-state index >= 15 is 0 Å². The van der Waals surface area contributed by atoms with Gasteiger partial charge in [0, 0.05) is 31.3 Å². The molecule has 0 saturated carbocycles. The molecule has 0 fully saturated rings. The maximum Gasteiger partial charge on any atom is 0.251 e. The first-order valence-corrected chi connectivity index (χ1v) is 8.30. The minimum Gasteiger partial charge on any atom is -0.350 e. The zero-order valence-electron chi connectivity index (χ0n) is 14.8. The topological polar surface area (TPSA) is 49.4 Å². The summed E-state index contributed by atoms with van der Waals surface area (Å²) in [5, 5.41) is 2.71. The number of benzene rings is 2. The highest BCUT2D eigenvalue weighted by Gasteiger charge is 2.13. The van der Waals surface area contributed by atoms with E-state index in [0.29, 0.717) is 12.5 Å². The number of carbonyl (C=O) groups excluding carboxylic acids is 2. The standard InChI is InChI=1S/C20H23FN2O2/c1-14(2)16-7-9-19(10-8-16)23(15(3)24)12-11-22-20(25)17-5-4-6-18(21)13-17/h4-10,13-14H,11-12H2,1-3H3,(H,22,25). The Morgan fingerprint density at radius 2 is 1.80 bits per heavy atom. The summed E-state index contributed by atoms with van der Waals surface area (Å²) in [6.45, 7) is 6.34. The highest BCUT2D eigenvalue weighted by molar-refractivity contribution is 5.94. The minimum absolute atomic E-state index is 0.0997. The summed E-state index contributed by atoms with van der Waals surface area (Å²) in [5.74, 6) is -0.496. The van der Waals surface area contributed by atoms with Crippen LogP contribution >= 0.6 is 0 Å². The first-order chi connectivity index (χ1) is 11.9. The summed E-state index contributed by atoms with van der Waals surface area (Å²) in [6.07, 6.45) is 0. The Hall–Kier alpha value is -2.69. The molecule has 0 aliphatic carbocycles. The van der Waals surface area contributed by atoms with Gasteiger partial charge in [-0.2, -0.15) is 0 Å². The van der Waals surface area contributed by atoms with Crippen LogP contribution in [0.5, 0.6) is 0 Å². The zero-order valence-corrected chi connectivity index (χ0v) is 14.8. The van der Waals surface area contributed by atoms with Crippen LogP contribution in [0.1, 0.15) is 42.6 Å². The van der Waals surface area contributed by atoms with Crippen LogP contribution in [0.2, 0.25) is 0 Å². The SMILES string of the molecule is CC(=O)N(CCNC(=O)c1cccc(F)c1)c1ccc(C(C)C)cc1. The summed E-state index contributed by atoms with van der Waals surface area (Å²) in [4.78, 5) is 25.5. The first-order valence-electron chi connectivity index (χ1n) is 8.30. The molecule has 2 aromatic carbocycles. The van der Waals surface area contributed by atoms with Gasteiger partial charge in [0.25, 0.3) is 5.91 Å². The second-order valence-corrected chi connectivity index (χ2v) is 6.18. The molecule has 4 nitrogen and oxygen atoms in total. The number of carbonyl (C=O) groups is 2. The van der Waals surface area contributed by atoms with E-state index in [1.807, 2.05) is 24.3 Å². The highest BCUT2D eigenvalue weighted by Crippen LogP contribution is 2.20. The molecular formula is C20H23FN2O2. The van der Waals surface area contributed by atoms with Gasteiger partial charge in [-0.05, 0) is 41.8 Å². The molecule has 0 aliphatic heterocycles. The molecule has 0 radical (unpaired) electrons. The number of rotatable bonds is 6. The fourth-order valence-electron chi connectivity index (χ4n) is 2.52. The molecular weight excluding hydrogens is 319 g/mol. The fraction of sp³-hybridized carbons (Fsp3) is 0.300. The maximum atomic E-state index is 13.2. The second-order valence-electron chi connectivity index (χ2n) is 6.18. The van der Waals surface area contributed by atoms with Gasteiger partial charge in [-0.1, -0.05) is 32.0 Å². The lowest BCUT2D eigenvalue weighted by Crippen LogP contribution is -2.37. The van der Waals surface area contributed by atoms with Gasteiger partial charge in [0.1, 0.15) is 5.82 Å². The van der Waals surface area contributed by atoms with Crippen LogP contribution in [-0.2, 0) is 4.79 Å². The third-order valence-electron chi connectivity index (χ3n) is 3.96. The summed E-state index contributed by atoms with van der Waals surface area (Å²) in [6, 6.07) is 13.3. The summed E-state index contributed by atoms with van der Waals surface area (Å²) >= 11 is 0. The van der Waals surface area contributed by atoms with Gasteiger partial charge in [0.05, 0.1) is 0 Å². The Bertz CT molecular complexity index is 742. The molecule has 25 heavy (non-hydrogen) atoms. The van der Waals surface area contributed by atoms with E-state index in [1.165, 1.54) is 30.7 Å². The van der Waals surface area contributed by atoms with Crippen LogP contribution in [0.25, 0.3) is 0 Å². The molecule has 2 rings (SSSR count). The minimum atomic E-state index is -0.455. The number of amides is 2. The molecule has 0 heterocycles. The summed E-state index contributed by atoms with van der Waals surface area (Å²) < 4.78 is 13.2. The molecule has 0 bridgehead atoms. The summed E-state index contributed by atoms with van der Waals surface area (Å²) in [5.41, 5.74) is 2.25. The quantitative estimate of drug-likeness (QED) is 0.869. The zero-order chi connectivity index (χ0) is 18.4. The molecule has 1 N–H and O–H groups in total. The lowest BCUT2D eigenvalue weighted by Gasteiger charge is -2.22. The molecule has 0 aromatic heterocycles. The van der Waals surface area contributed by atoms with Gasteiger partial charge < -0.3 is 10.2 Å². The van der Waals surface area contributed by atoms with Crippen molar-refractivity contribution in [3.63, 3.8) is 0 Å². The highest BCUT2D eigenvalue weighted by atomic mass is 19.1. The number of halogens is 1. The van der Waals surface area contributed by atoms with Crippen molar-refractivity contribution in [1.82, 2.24) is 5.32 Å². The average molecular weight is 342 g/mol. The van der Waals surface area contributed by atoms with Gasteiger partial charge >= 0.3 is 0 Å². The normalized spacial score (nSPS) is 10.6. The molecule has 132 valence electrons. The number of anilines is 1. The molecule has 0 unspecified atom stereocenters. The second kappa shape index (κ2) is 8.42. The van der Waals surface area contributed by atoms with Crippen LogP contribution in [0.4, 0.5) is 10.1 Å². The van der Waals surface area contributed by atoms with Crippen LogP contribution in [0.15, 0.2) is 48.5 Å². The Morgan fingerprint density at radius 3 is 2.36 bits per heavy atom. The van der Waals surface area contributed by atoms with Gasteiger partial charge in [-0.25, -0.2) is 4.39 Å². The van der Waals surface area contributed by atoms with E-state index in [0.717, 1.165) is 5.69 Å². The van der Waals surface area contributed by atoms with Gasteiger partial charge in [-0.15, -0.1) is 0 Å². The maximum absolute atomic E-state index is 13.2. The van der Waals surface area contributed by atoms with Gasteiger partial charge in [-0.3, -0.25) is 9.59 Å². The van der Waals surface area contributed by atoms with Gasteiger partial charge in [0.15, 0.2) is 0 Å². The molecule has 0 saturated heterocycles. The summed E-state index contributed by atoms with van der Waals surface area (Å²) in [7, 11) is 0. The average Bonchev–Trinajstić information content (AvgIpc) is 2.58. The van der Waals surface area contributed by atoms with Crippen LogP contribution < -0.4 is 10.2 Å². The third kappa shape index (κ3) is 5.14. The molecule has 2 aromatic rings. The lowest BCUT2D eigenvalue weighted by atomic mass is 10.0. The van der Waals surface area contributed by atoms with Crippen molar-refractivity contribution in [1.29, 1.82) is 0 Å². The lowest BCUT2D eigenvalue weighted by molar-refractivity contribution is -0.116.